The van der Waals surface area contributed by atoms with E-state index in [1.807, 2.05) is 47.8 Å². The van der Waals surface area contributed by atoms with Crippen LogP contribution in [0.4, 0.5) is 0 Å². The second-order valence-corrected chi connectivity index (χ2v) is 10.7. The second kappa shape index (κ2) is 9.95. The molecule has 1 aliphatic heterocycles. The molecule has 1 atom stereocenters. The number of thiazole rings is 1. The Kier molecular flexibility index (Phi) is 6.75. The third-order valence-electron chi connectivity index (χ3n) is 5.52. The lowest BCUT2D eigenvalue weighted by atomic mass is 10.0. The molecule has 0 aliphatic carbocycles. The van der Waals surface area contributed by atoms with Gasteiger partial charge in [-0.15, -0.1) is 11.3 Å². The molecule has 0 spiro atoms. The molecule has 0 fully saturated rings. The molecular formula is C26H18Cl2N2O3S2. The number of carbonyl (C=O) groups excluding carboxylic acids is 1. The van der Waals surface area contributed by atoms with Gasteiger partial charge in [0.25, 0.3) is 5.56 Å². The number of ether oxygens (including phenoxy) is 1. The van der Waals surface area contributed by atoms with Crippen molar-refractivity contribution >= 4 is 57.9 Å². The van der Waals surface area contributed by atoms with E-state index in [0.717, 1.165) is 10.4 Å². The summed E-state index contributed by atoms with van der Waals surface area (Å²) in [6, 6.07) is 17.7. The quantitative estimate of drug-likeness (QED) is 0.320. The number of hydrogen-bond acceptors (Lipinski definition) is 6. The predicted molar refractivity (Wildman–Crippen MR) is 141 cm³/mol. The van der Waals surface area contributed by atoms with Crippen molar-refractivity contribution in [2.24, 2.45) is 4.99 Å². The van der Waals surface area contributed by atoms with Crippen molar-refractivity contribution < 1.29 is 9.53 Å². The van der Waals surface area contributed by atoms with Crippen molar-refractivity contribution in [1.29, 1.82) is 0 Å². The molecular weight excluding hydrogens is 523 g/mol. The van der Waals surface area contributed by atoms with Crippen molar-refractivity contribution in [2.75, 3.05) is 0 Å². The van der Waals surface area contributed by atoms with Crippen molar-refractivity contribution in [3.05, 3.63) is 123 Å². The van der Waals surface area contributed by atoms with E-state index in [0.29, 0.717) is 36.2 Å². The normalized spacial score (nSPS) is 15.6. The van der Waals surface area contributed by atoms with Gasteiger partial charge >= 0.3 is 5.97 Å². The molecule has 0 saturated carbocycles. The van der Waals surface area contributed by atoms with Gasteiger partial charge in [0.1, 0.15) is 12.6 Å². The number of nitrogens with zero attached hydrogens (tertiary/aromatic N) is 2. The van der Waals surface area contributed by atoms with E-state index < -0.39 is 12.0 Å². The zero-order chi connectivity index (χ0) is 24.5. The van der Waals surface area contributed by atoms with Crippen LogP contribution in [0.15, 0.2) is 87.1 Å². The average molecular weight is 541 g/mol. The number of carbonyl (C=O) groups is 1. The summed E-state index contributed by atoms with van der Waals surface area (Å²) < 4.78 is 7.68. The van der Waals surface area contributed by atoms with E-state index in [1.54, 1.807) is 35.8 Å². The SMILES string of the molecule is CC1=C(C(=O)OCc2ccccc2)[C@H](c2cccs2)n2c(s/c(=C/c3ccc(Cl)cc3Cl)c2=O)=N1. The van der Waals surface area contributed by atoms with Crippen molar-refractivity contribution in [1.82, 2.24) is 4.57 Å². The highest BCUT2D eigenvalue weighted by molar-refractivity contribution is 7.10. The van der Waals surface area contributed by atoms with Gasteiger partial charge in [-0.3, -0.25) is 9.36 Å². The largest absolute Gasteiger partial charge is 0.457 e. The Morgan fingerprint density at radius 3 is 2.66 bits per heavy atom. The van der Waals surface area contributed by atoms with Gasteiger partial charge in [-0.05, 0) is 47.7 Å². The molecule has 176 valence electrons. The van der Waals surface area contributed by atoms with Crippen LogP contribution in [0.1, 0.15) is 29.0 Å². The molecule has 0 N–H and O–H groups in total. The molecule has 3 heterocycles. The highest BCUT2D eigenvalue weighted by atomic mass is 35.5. The molecule has 1 aliphatic rings. The van der Waals surface area contributed by atoms with Gasteiger partial charge in [0, 0.05) is 14.9 Å². The summed E-state index contributed by atoms with van der Waals surface area (Å²) in [5.74, 6) is -0.497. The van der Waals surface area contributed by atoms with Gasteiger partial charge in [-0.25, -0.2) is 9.79 Å². The molecule has 0 unspecified atom stereocenters. The Morgan fingerprint density at radius 2 is 1.94 bits per heavy atom. The van der Waals surface area contributed by atoms with E-state index in [-0.39, 0.29) is 12.2 Å². The lowest BCUT2D eigenvalue weighted by molar-refractivity contribution is -0.140. The highest BCUT2D eigenvalue weighted by Gasteiger charge is 2.34. The lowest BCUT2D eigenvalue weighted by Crippen LogP contribution is -2.39. The Bertz CT molecular complexity index is 1620. The van der Waals surface area contributed by atoms with Crippen molar-refractivity contribution in [2.45, 2.75) is 19.6 Å². The molecule has 0 amide bonds. The third kappa shape index (κ3) is 4.77. The summed E-state index contributed by atoms with van der Waals surface area (Å²) in [6.45, 7) is 1.90. The van der Waals surface area contributed by atoms with Gasteiger partial charge in [0.2, 0.25) is 0 Å². The Balaban J connectivity index is 1.59. The fourth-order valence-corrected chi connectivity index (χ4v) is 6.18. The maximum absolute atomic E-state index is 13.6. The molecule has 5 nitrogen and oxygen atoms in total. The van der Waals surface area contributed by atoms with Crippen LogP contribution in [-0.4, -0.2) is 10.5 Å². The molecule has 35 heavy (non-hydrogen) atoms. The van der Waals surface area contributed by atoms with Gasteiger partial charge in [0.05, 0.1) is 15.8 Å². The third-order valence-corrected chi connectivity index (χ3v) is 7.99. The van der Waals surface area contributed by atoms with Crippen molar-refractivity contribution in [3.8, 4) is 0 Å². The molecule has 5 rings (SSSR count). The van der Waals surface area contributed by atoms with Gasteiger partial charge < -0.3 is 4.74 Å². The van der Waals surface area contributed by atoms with E-state index in [2.05, 4.69) is 4.99 Å². The monoisotopic (exact) mass is 540 g/mol. The molecule has 4 aromatic rings. The fraction of sp³-hybridized carbons (Fsp3) is 0.115. The van der Waals surface area contributed by atoms with Crippen LogP contribution < -0.4 is 14.9 Å². The number of allylic oxidation sites excluding steroid dienone is 1. The minimum atomic E-state index is -0.627. The topological polar surface area (TPSA) is 60.7 Å². The highest BCUT2D eigenvalue weighted by Crippen LogP contribution is 2.33. The smallest absolute Gasteiger partial charge is 0.338 e. The zero-order valence-corrected chi connectivity index (χ0v) is 21.5. The number of esters is 1. The van der Waals surface area contributed by atoms with E-state index in [1.165, 1.54) is 22.7 Å². The van der Waals surface area contributed by atoms with Crippen LogP contribution >= 0.6 is 45.9 Å². The van der Waals surface area contributed by atoms with E-state index in [9.17, 15) is 9.59 Å². The van der Waals surface area contributed by atoms with E-state index in [4.69, 9.17) is 27.9 Å². The number of fused-ring (bicyclic) bond motifs is 1. The van der Waals surface area contributed by atoms with Crippen LogP contribution in [0.2, 0.25) is 10.0 Å². The first-order chi connectivity index (χ1) is 16.9. The fourth-order valence-electron chi connectivity index (χ4n) is 3.86. The number of halogens is 2. The summed E-state index contributed by atoms with van der Waals surface area (Å²) in [5, 5.41) is 2.88. The van der Waals surface area contributed by atoms with Crippen LogP contribution in [0.5, 0.6) is 0 Å². The van der Waals surface area contributed by atoms with Crippen LogP contribution in [0, 0.1) is 0 Å². The first-order valence-corrected chi connectivity index (χ1v) is 13.1. The number of thiophene rings is 1. The standard InChI is InChI=1S/C26H18Cl2N2O3S2/c1-15-22(25(32)33-14-16-6-3-2-4-7-16)23(20-8-5-11-34-20)30-24(31)21(35-26(30)29-15)12-17-9-10-18(27)13-19(17)28/h2-13,23H,14H2,1H3/b21-12+/t23-/m0/s1. The molecule has 9 heteroatoms. The number of aromatic nitrogens is 1. The Hall–Kier alpha value is -2.97. The lowest BCUT2D eigenvalue weighted by Gasteiger charge is -2.23. The maximum Gasteiger partial charge on any atom is 0.338 e. The van der Waals surface area contributed by atoms with Gasteiger partial charge in [-0.2, -0.15) is 0 Å². The van der Waals surface area contributed by atoms with E-state index >= 15 is 0 Å². The Morgan fingerprint density at radius 1 is 1.14 bits per heavy atom. The first kappa shape index (κ1) is 23.8. The molecule has 0 radical (unpaired) electrons. The minimum absolute atomic E-state index is 0.132. The number of hydrogen-bond donors (Lipinski definition) is 0. The van der Waals surface area contributed by atoms with Crippen LogP contribution in [0.25, 0.3) is 6.08 Å². The number of benzene rings is 2. The summed E-state index contributed by atoms with van der Waals surface area (Å²) in [4.78, 5) is 32.9. The Labute approximate surface area is 218 Å². The average Bonchev–Trinajstić information content (AvgIpc) is 3.48. The first-order valence-electron chi connectivity index (χ1n) is 10.6. The van der Waals surface area contributed by atoms with Crippen LogP contribution in [-0.2, 0) is 16.1 Å². The number of rotatable bonds is 5. The summed E-state index contributed by atoms with van der Waals surface area (Å²) in [6.07, 6.45) is 1.72. The molecule has 0 bridgehead atoms. The summed E-state index contributed by atoms with van der Waals surface area (Å²) >= 11 is 15.1. The van der Waals surface area contributed by atoms with Crippen molar-refractivity contribution in [3.63, 3.8) is 0 Å². The van der Waals surface area contributed by atoms with Gasteiger partial charge in [0.15, 0.2) is 4.80 Å². The maximum atomic E-state index is 13.6. The van der Waals surface area contributed by atoms with Gasteiger partial charge in [-0.1, -0.05) is 77.0 Å². The minimum Gasteiger partial charge on any atom is -0.457 e. The molecule has 0 saturated heterocycles. The second-order valence-electron chi connectivity index (χ2n) is 7.82. The predicted octanol–water partition coefficient (Wildman–Crippen LogP) is 5.35. The van der Waals surface area contributed by atoms with Crippen LogP contribution in [0.3, 0.4) is 0 Å². The summed E-state index contributed by atoms with van der Waals surface area (Å²) in [7, 11) is 0. The molecule has 2 aromatic carbocycles. The zero-order valence-electron chi connectivity index (χ0n) is 18.4. The molecule has 2 aromatic heterocycles. The summed E-state index contributed by atoms with van der Waals surface area (Å²) in [5.41, 5.74) is 2.18.